The van der Waals surface area contributed by atoms with E-state index in [1.807, 2.05) is 12.1 Å². The number of benzene rings is 1. The average molecular weight is 218 g/mol. The Labute approximate surface area is 98.2 Å². The zero-order chi connectivity index (χ0) is 11.6. The van der Waals surface area contributed by atoms with Crippen LogP contribution >= 0.6 is 0 Å². The first-order chi connectivity index (χ1) is 7.67. The number of nitrogens with one attached hydrogen (secondary N) is 1. The molecule has 0 bridgehead atoms. The molecule has 1 aromatic rings. The van der Waals surface area contributed by atoms with Gasteiger partial charge in [-0.1, -0.05) is 25.5 Å². The van der Waals surface area contributed by atoms with Gasteiger partial charge in [0.2, 0.25) is 0 Å². The van der Waals surface area contributed by atoms with Gasteiger partial charge in [-0.15, -0.1) is 0 Å². The molecule has 0 amide bonds. The maximum atomic E-state index is 5.98. The Morgan fingerprint density at radius 2 is 2.12 bits per heavy atom. The minimum atomic E-state index is 0.573. The predicted octanol–water partition coefficient (Wildman–Crippen LogP) is 3.57. The highest BCUT2D eigenvalue weighted by atomic mass is 14.9. The van der Waals surface area contributed by atoms with Crippen LogP contribution < -0.4 is 11.1 Å². The molecule has 0 radical (unpaired) electrons. The highest BCUT2D eigenvalue weighted by Crippen LogP contribution is 2.49. The maximum Gasteiger partial charge on any atom is 0.0603 e. The molecule has 16 heavy (non-hydrogen) atoms. The fraction of sp³-hybridized carbons (Fsp3) is 0.571. The molecule has 1 aliphatic rings. The summed E-state index contributed by atoms with van der Waals surface area (Å²) >= 11 is 0. The lowest BCUT2D eigenvalue weighted by Gasteiger charge is -2.18. The summed E-state index contributed by atoms with van der Waals surface area (Å²) in [7, 11) is 0. The second-order valence-corrected chi connectivity index (χ2v) is 5.14. The molecule has 0 aromatic heterocycles. The molecular formula is C14H22N2. The van der Waals surface area contributed by atoms with Crippen LogP contribution in [0.2, 0.25) is 0 Å². The van der Waals surface area contributed by atoms with Crippen LogP contribution in [0.1, 0.15) is 38.2 Å². The molecule has 2 rings (SSSR count). The van der Waals surface area contributed by atoms with Crippen LogP contribution in [0.3, 0.4) is 0 Å². The third-order valence-corrected chi connectivity index (χ3v) is 3.68. The number of para-hydroxylation sites is 1. The van der Waals surface area contributed by atoms with E-state index in [-0.39, 0.29) is 0 Å². The van der Waals surface area contributed by atoms with Crippen molar-refractivity contribution in [1.29, 1.82) is 0 Å². The molecular weight excluding hydrogens is 196 g/mol. The van der Waals surface area contributed by atoms with Crippen molar-refractivity contribution in [2.75, 3.05) is 17.6 Å². The monoisotopic (exact) mass is 218 g/mol. The topological polar surface area (TPSA) is 38.0 Å². The van der Waals surface area contributed by atoms with E-state index in [0.717, 1.165) is 17.9 Å². The molecule has 0 heterocycles. The maximum absolute atomic E-state index is 5.98. The van der Waals surface area contributed by atoms with Crippen molar-refractivity contribution in [3.63, 3.8) is 0 Å². The van der Waals surface area contributed by atoms with Gasteiger partial charge in [0.15, 0.2) is 0 Å². The lowest BCUT2D eigenvalue weighted by molar-refractivity contribution is 0.485. The summed E-state index contributed by atoms with van der Waals surface area (Å²) in [6, 6.07) is 6.08. The summed E-state index contributed by atoms with van der Waals surface area (Å²) in [6.07, 6.45) is 5.37. The highest BCUT2D eigenvalue weighted by molar-refractivity contribution is 5.69. The molecule has 0 saturated heterocycles. The molecule has 3 N–H and O–H groups in total. The Morgan fingerprint density at radius 1 is 1.38 bits per heavy atom. The van der Waals surface area contributed by atoms with Crippen LogP contribution in [-0.2, 0) is 0 Å². The van der Waals surface area contributed by atoms with E-state index in [1.54, 1.807) is 0 Å². The van der Waals surface area contributed by atoms with Crippen molar-refractivity contribution in [1.82, 2.24) is 0 Å². The molecule has 0 spiro atoms. The van der Waals surface area contributed by atoms with Crippen LogP contribution in [-0.4, -0.2) is 6.54 Å². The third kappa shape index (κ3) is 2.31. The van der Waals surface area contributed by atoms with E-state index in [0.29, 0.717) is 5.41 Å². The van der Waals surface area contributed by atoms with Gasteiger partial charge in [0.05, 0.1) is 11.4 Å². The van der Waals surface area contributed by atoms with Crippen LogP contribution in [0.25, 0.3) is 0 Å². The van der Waals surface area contributed by atoms with Gasteiger partial charge in [-0.2, -0.15) is 0 Å². The summed E-state index contributed by atoms with van der Waals surface area (Å²) in [6.45, 7) is 5.45. The SMILES string of the molecule is CCCC1(CNc2c(C)cccc2N)CC1. The Balaban J connectivity index is 2.00. The fourth-order valence-corrected chi connectivity index (χ4v) is 2.43. The van der Waals surface area contributed by atoms with Crippen LogP contribution in [0.15, 0.2) is 18.2 Å². The van der Waals surface area contributed by atoms with Gasteiger partial charge < -0.3 is 11.1 Å². The summed E-state index contributed by atoms with van der Waals surface area (Å²) in [5.41, 5.74) is 9.80. The molecule has 2 nitrogen and oxygen atoms in total. The zero-order valence-corrected chi connectivity index (χ0v) is 10.3. The Morgan fingerprint density at radius 3 is 2.69 bits per heavy atom. The number of nitrogens with two attached hydrogens (primary N) is 1. The van der Waals surface area contributed by atoms with E-state index in [4.69, 9.17) is 5.73 Å². The minimum absolute atomic E-state index is 0.573. The molecule has 1 fully saturated rings. The summed E-state index contributed by atoms with van der Waals surface area (Å²) < 4.78 is 0. The van der Waals surface area contributed by atoms with Crippen LogP contribution in [0, 0.1) is 12.3 Å². The first kappa shape index (κ1) is 11.3. The minimum Gasteiger partial charge on any atom is -0.397 e. The molecule has 0 atom stereocenters. The van der Waals surface area contributed by atoms with Crippen molar-refractivity contribution < 1.29 is 0 Å². The van der Waals surface area contributed by atoms with E-state index in [1.165, 1.54) is 31.2 Å². The number of hydrogen-bond acceptors (Lipinski definition) is 2. The first-order valence-corrected chi connectivity index (χ1v) is 6.26. The smallest absolute Gasteiger partial charge is 0.0603 e. The Bertz CT molecular complexity index is 347. The van der Waals surface area contributed by atoms with Gasteiger partial charge in [-0.3, -0.25) is 0 Å². The second-order valence-electron chi connectivity index (χ2n) is 5.14. The molecule has 2 heteroatoms. The second kappa shape index (κ2) is 4.36. The van der Waals surface area contributed by atoms with Gasteiger partial charge in [-0.25, -0.2) is 0 Å². The predicted molar refractivity (Wildman–Crippen MR) is 70.7 cm³/mol. The molecule has 1 aliphatic carbocycles. The van der Waals surface area contributed by atoms with Crippen LogP contribution in [0.4, 0.5) is 11.4 Å². The molecule has 0 unspecified atom stereocenters. The lowest BCUT2D eigenvalue weighted by Crippen LogP contribution is -2.16. The van der Waals surface area contributed by atoms with Crippen molar-refractivity contribution in [2.24, 2.45) is 5.41 Å². The lowest BCUT2D eigenvalue weighted by atomic mass is 10.0. The van der Waals surface area contributed by atoms with E-state index in [2.05, 4.69) is 25.2 Å². The van der Waals surface area contributed by atoms with Gasteiger partial charge in [0.25, 0.3) is 0 Å². The first-order valence-electron chi connectivity index (χ1n) is 6.26. The third-order valence-electron chi connectivity index (χ3n) is 3.68. The molecule has 0 aliphatic heterocycles. The van der Waals surface area contributed by atoms with Gasteiger partial charge in [0.1, 0.15) is 0 Å². The van der Waals surface area contributed by atoms with Gasteiger partial charge in [0, 0.05) is 6.54 Å². The van der Waals surface area contributed by atoms with Crippen molar-refractivity contribution in [2.45, 2.75) is 39.5 Å². The number of rotatable bonds is 5. The Kier molecular flexibility index (Phi) is 3.08. The van der Waals surface area contributed by atoms with E-state index in [9.17, 15) is 0 Å². The zero-order valence-electron chi connectivity index (χ0n) is 10.3. The number of nitrogen functional groups attached to an aromatic ring is 1. The fourth-order valence-electron chi connectivity index (χ4n) is 2.43. The van der Waals surface area contributed by atoms with Gasteiger partial charge >= 0.3 is 0 Å². The summed E-state index contributed by atoms with van der Waals surface area (Å²) in [5, 5.41) is 3.54. The van der Waals surface area contributed by atoms with E-state index >= 15 is 0 Å². The van der Waals surface area contributed by atoms with E-state index < -0.39 is 0 Å². The number of anilines is 2. The quantitative estimate of drug-likeness (QED) is 0.741. The summed E-state index contributed by atoms with van der Waals surface area (Å²) in [5.74, 6) is 0. The Hall–Kier alpha value is -1.18. The molecule has 1 aromatic carbocycles. The number of hydrogen-bond donors (Lipinski definition) is 2. The van der Waals surface area contributed by atoms with Crippen molar-refractivity contribution >= 4 is 11.4 Å². The van der Waals surface area contributed by atoms with Gasteiger partial charge in [-0.05, 0) is 43.2 Å². The molecule has 1 saturated carbocycles. The van der Waals surface area contributed by atoms with Crippen LogP contribution in [0.5, 0.6) is 0 Å². The molecule has 88 valence electrons. The van der Waals surface area contributed by atoms with Crippen molar-refractivity contribution in [3.05, 3.63) is 23.8 Å². The normalized spacial score (nSPS) is 17.1. The number of aryl methyl sites for hydroxylation is 1. The highest BCUT2D eigenvalue weighted by Gasteiger charge is 2.41. The largest absolute Gasteiger partial charge is 0.397 e. The average Bonchev–Trinajstić information content (AvgIpc) is 2.98. The summed E-state index contributed by atoms with van der Waals surface area (Å²) in [4.78, 5) is 0. The standard InChI is InChI=1S/C14H22N2/c1-3-7-14(8-9-14)10-16-13-11(2)5-4-6-12(13)15/h4-6,16H,3,7-10,15H2,1-2H3. The van der Waals surface area contributed by atoms with Crippen molar-refractivity contribution in [3.8, 4) is 0 Å².